The number of aldehydes is 2. The lowest BCUT2D eigenvalue weighted by atomic mass is 9.79. The van der Waals surface area contributed by atoms with E-state index in [4.69, 9.17) is 14.2 Å². The molecule has 3 unspecified atom stereocenters. The molecule has 47 heavy (non-hydrogen) atoms. The molecular formula is C35H31N2O10-. The van der Waals surface area contributed by atoms with Crippen molar-refractivity contribution in [3.05, 3.63) is 139 Å². The van der Waals surface area contributed by atoms with Gasteiger partial charge in [-0.15, -0.1) is 0 Å². The number of nitrogens with one attached hydrogen (secondary N) is 1. The number of aryl methyl sites for hydroxylation is 1. The van der Waals surface area contributed by atoms with Crippen molar-refractivity contribution < 1.29 is 38.5 Å². The zero-order chi connectivity index (χ0) is 33.6. The molecule has 3 atom stereocenters. The van der Waals surface area contributed by atoms with Gasteiger partial charge in [0.25, 0.3) is 5.56 Å². The molecule has 0 saturated carbocycles. The SMILES string of the molecule is Cc1cn(C2CC(OC(=O)CCC(=O)[O-])C(COC(c3ccccc3)(c3ccc(C=O)cc3)c3ccc(C=O)cc3)O2)c(=O)[nH]c1=O. The molecule has 242 valence electrons. The molecule has 1 N–H and O–H groups in total. The number of carboxylic acid groups (broad SMARTS) is 1. The van der Waals surface area contributed by atoms with Crippen LogP contribution in [0.25, 0.3) is 0 Å². The van der Waals surface area contributed by atoms with Gasteiger partial charge in [-0.25, -0.2) is 4.79 Å². The van der Waals surface area contributed by atoms with E-state index in [0.717, 1.165) is 12.6 Å². The monoisotopic (exact) mass is 639 g/mol. The summed E-state index contributed by atoms with van der Waals surface area (Å²) in [5, 5.41) is 11.0. The highest BCUT2D eigenvalue weighted by Crippen LogP contribution is 2.42. The van der Waals surface area contributed by atoms with Crippen LogP contribution < -0.4 is 16.4 Å². The normalized spacial score (nSPS) is 17.6. The van der Waals surface area contributed by atoms with E-state index in [9.17, 15) is 33.9 Å². The van der Waals surface area contributed by atoms with Crippen LogP contribution in [0.4, 0.5) is 0 Å². The van der Waals surface area contributed by atoms with Gasteiger partial charge < -0.3 is 24.1 Å². The smallest absolute Gasteiger partial charge is 0.330 e. The van der Waals surface area contributed by atoms with Gasteiger partial charge in [0.2, 0.25) is 0 Å². The number of ether oxygens (including phenoxy) is 3. The van der Waals surface area contributed by atoms with Crippen LogP contribution in [-0.2, 0) is 29.4 Å². The second kappa shape index (κ2) is 14.3. The van der Waals surface area contributed by atoms with E-state index >= 15 is 0 Å². The third kappa shape index (κ3) is 7.19. The molecule has 0 spiro atoms. The summed E-state index contributed by atoms with van der Waals surface area (Å²) in [5.41, 5.74) is 0.508. The summed E-state index contributed by atoms with van der Waals surface area (Å²) in [5.74, 6) is -2.21. The van der Waals surface area contributed by atoms with Gasteiger partial charge in [0.15, 0.2) is 0 Å². The topological polar surface area (TPSA) is 174 Å². The van der Waals surface area contributed by atoms with Gasteiger partial charge in [0.1, 0.15) is 36.6 Å². The number of carboxylic acids is 1. The minimum Gasteiger partial charge on any atom is -0.550 e. The number of aliphatic carboxylic acids is 1. The van der Waals surface area contributed by atoms with Crippen molar-refractivity contribution in [2.24, 2.45) is 0 Å². The molecule has 0 aliphatic carbocycles. The predicted molar refractivity (Wildman–Crippen MR) is 165 cm³/mol. The van der Waals surface area contributed by atoms with Crippen molar-refractivity contribution in [1.82, 2.24) is 9.55 Å². The summed E-state index contributed by atoms with van der Waals surface area (Å²) in [7, 11) is 0. The molecule has 1 aliphatic heterocycles. The molecular weight excluding hydrogens is 608 g/mol. The van der Waals surface area contributed by atoms with Gasteiger partial charge in [-0.05, 0) is 30.0 Å². The Morgan fingerprint density at radius 1 is 0.915 bits per heavy atom. The van der Waals surface area contributed by atoms with Crippen molar-refractivity contribution in [3.8, 4) is 0 Å². The van der Waals surface area contributed by atoms with Crippen LogP contribution in [0.5, 0.6) is 0 Å². The molecule has 1 fully saturated rings. The summed E-state index contributed by atoms with van der Waals surface area (Å²) in [6.45, 7) is 1.33. The highest BCUT2D eigenvalue weighted by atomic mass is 16.6. The van der Waals surface area contributed by atoms with Gasteiger partial charge in [-0.1, -0.05) is 78.9 Å². The van der Waals surface area contributed by atoms with Crippen molar-refractivity contribution in [3.63, 3.8) is 0 Å². The second-order valence-electron chi connectivity index (χ2n) is 11.1. The Hall–Kier alpha value is -5.46. The highest BCUT2D eigenvalue weighted by Gasteiger charge is 2.44. The van der Waals surface area contributed by atoms with Gasteiger partial charge in [0.05, 0.1) is 13.0 Å². The predicted octanol–water partition coefficient (Wildman–Crippen LogP) is 2.21. The van der Waals surface area contributed by atoms with E-state index in [2.05, 4.69) is 4.98 Å². The van der Waals surface area contributed by atoms with E-state index in [0.29, 0.717) is 27.8 Å². The number of hydrogen-bond donors (Lipinski definition) is 1. The Bertz CT molecular complexity index is 1810. The molecule has 3 aromatic carbocycles. The summed E-state index contributed by atoms with van der Waals surface area (Å²) >= 11 is 0. The number of H-pyrrole nitrogens is 1. The standard InChI is InChI=1S/C35H32N2O10/c1-22-18-37(34(44)36-33(22)43)30-17-28(47-32(42)16-15-31(40)41)29(46-30)21-45-35(25-5-3-2-4-6-25,26-11-7-23(19-38)8-12-26)27-13-9-24(20-39)10-14-27/h2-14,18-20,28-30H,15-17,21H2,1H3,(H,40,41)(H,36,43,44)/p-1. The van der Waals surface area contributed by atoms with E-state index < -0.39 is 60.1 Å². The van der Waals surface area contributed by atoms with Crippen LogP contribution in [0.3, 0.4) is 0 Å². The first kappa shape index (κ1) is 32.9. The van der Waals surface area contributed by atoms with Crippen LogP contribution >= 0.6 is 0 Å². The lowest BCUT2D eigenvalue weighted by Crippen LogP contribution is -2.39. The van der Waals surface area contributed by atoms with Gasteiger partial charge in [-0.3, -0.25) is 28.7 Å². The van der Waals surface area contributed by atoms with E-state index in [1.165, 1.54) is 17.7 Å². The molecule has 0 radical (unpaired) electrons. The van der Waals surface area contributed by atoms with Crippen molar-refractivity contribution >= 4 is 24.5 Å². The number of nitrogens with zero attached hydrogens (tertiary/aromatic N) is 1. The minimum absolute atomic E-state index is 0.00310. The maximum atomic E-state index is 12.7. The highest BCUT2D eigenvalue weighted by molar-refractivity contribution is 5.76. The van der Waals surface area contributed by atoms with Crippen molar-refractivity contribution in [2.45, 2.75) is 50.2 Å². The lowest BCUT2D eigenvalue weighted by Gasteiger charge is -2.37. The number of aromatic amines is 1. The fourth-order valence-corrected chi connectivity index (χ4v) is 5.60. The first-order valence-electron chi connectivity index (χ1n) is 14.8. The minimum atomic E-state index is -1.41. The van der Waals surface area contributed by atoms with Gasteiger partial charge >= 0.3 is 11.7 Å². The molecule has 0 amide bonds. The largest absolute Gasteiger partial charge is 0.550 e. The zero-order valence-corrected chi connectivity index (χ0v) is 25.3. The summed E-state index contributed by atoms with van der Waals surface area (Å²) in [6, 6.07) is 22.8. The number of aromatic nitrogens is 2. The number of carbonyl (C=O) groups excluding carboxylic acids is 4. The van der Waals surface area contributed by atoms with Crippen LogP contribution in [0, 0.1) is 6.92 Å². The zero-order valence-electron chi connectivity index (χ0n) is 25.3. The Labute approximate surface area is 268 Å². The molecule has 1 saturated heterocycles. The molecule has 1 aromatic heterocycles. The second-order valence-corrected chi connectivity index (χ2v) is 11.1. The van der Waals surface area contributed by atoms with Gasteiger partial charge in [-0.2, -0.15) is 0 Å². The maximum Gasteiger partial charge on any atom is 0.330 e. The number of esters is 1. The molecule has 5 rings (SSSR count). The summed E-state index contributed by atoms with van der Waals surface area (Å²) in [6.07, 6.45) is -1.09. The first-order chi connectivity index (χ1) is 22.6. The van der Waals surface area contributed by atoms with Crippen molar-refractivity contribution in [1.29, 1.82) is 0 Å². The summed E-state index contributed by atoms with van der Waals surface area (Å²) in [4.78, 5) is 73.6. The van der Waals surface area contributed by atoms with Crippen LogP contribution in [-0.4, -0.2) is 52.9 Å². The van der Waals surface area contributed by atoms with E-state index in [1.807, 2.05) is 30.3 Å². The fraction of sp³-hybridized carbons (Fsp3) is 0.257. The molecule has 0 bridgehead atoms. The third-order valence-electron chi connectivity index (χ3n) is 8.00. The maximum absolute atomic E-state index is 12.7. The molecule has 2 heterocycles. The Morgan fingerprint density at radius 3 is 2.04 bits per heavy atom. The average Bonchev–Trinajstić information content (AvgIpc) is 3.48. The number of hydrogen-bond acceptors (Lipinski definition) is 10. The third-order valence-corrected chi connectivity index (χ3v) is 8.00. The molecule has 1 aliphatic rings. The number of carbonyl (C=O) groups is 4. The van der Waals surface area contributed by atoms with E-state index in [1.54, 1.807) is 48.5 Å². The summed E-state index contributed by atoms with van der Waals surface area (Å²) < 4.78 is 20.0. The fourth-order valence-electron chi connectivity index (χ4n) is 5.60. The molecule has 12 heteroatoms. The van der Waals surface area contributed by atoms with Crippen LogP contribution in [0.15, 0.2) is 94.6 Å². The number of rotatable bonds is 13. The molecule has 4 aromatic rings. The van der Waals surface area contributed by atoms with Gasteiger partial charge in [0, 0.05) is 35.3 Å². The lowest BCUT2D eigenvalue weighted by molar-refractivity contribution is -0.305. The van der Waals surface area contributed by atoms with Crippen LogP contribution in [0.2, 0.25) is 0 Å². The van der Waals surface area contributed by atoms with Crippen LogP contribution in [0.1, 0.15) is 68.5 Å². The average molecular weight is 640 g/mol. The van der Waals surface area contributed by atoms with E-state index in [-0.39, 0.29) is 18.6 Å². The Kier molecular flexibility index (Phi) is 10.0. The quantitative estimate of drug-likeness (QED) is 0.130. The Morgan fingerprint density at radius 2 is 1.49 bits per heavy atom. The Balaban J connectivity index is 1.57. The number of benzene rings is 3. The molecule has 12 nitrogen and oxygen atoms in total. The first-order valence-corrected chi connectivity index (χ1v) is 14.8. The van der Waals surface area contributed by atoms with Crippen molar-refractivity contribution in [2.75, 3.05) is 6.61 Å².